The molecule has 1 atom stereocenters. The van der Waals surface area contributed by atoms with E-state index in [2.05, 4.69) is 15.5 Å². The molecule has 0 aliphatic rings. The maximum absolute atomic E-state index is 12.2. The van der Waals surface area contributed by atoms with Crippen LogP contribution in [0.1, 0.15) is 24.2 Å². The minimum absolute atomic E-state index is 0.116. The van der Waals surface area contributed by atoms with E-state index in [9.17, 15) is 4.79 Å². The van der Waals surface area contributed by atoms with Gasteiger partial charge in [0.25, 0.3) is 0 Å². The molecule has 0 unspecified atom stereocenters. The number of Topliss-reactive ketones (excluding diaryl/α,β-unsaturated/α-hetero) is 1. The standard InChI is InChI=1S/C13H15N3OS2/c1-3-14-12-15-16-13(19-12)18-9(2)11(17)10-7-5-4-6-8-10/h4-9H,3H2,1-2H3,(H,14,15)/t9-/m1/s1. The van der Waals surface area contributed by atoms with Gasteiger partial charge in [0.1, 0.15) is 0 Å². The number of hydrogen-bond acceptors (Lipinski definition) is 6. The Morgan fingerprint density at radius 3 is 2.79 bits per heavy atom. The van der Waals surface area contributed by atoms with E-state index >= 15 is 0 Å². The second-order valence-electron chi connectivity index (χ2n) is 3.89. The van der Waals surface area contributed by atoms with Gasteiger partial charge in [0, 0.05) is 12.1 Å². The second kappa shape index (κ2) is 6.68. The van der Waals surface area contributed by atoms with Crippen LogP contribution >= 0.6 is 23.1 Å². The number of aromatic nitrogens is 2. The van der Waals surface area contributed by atoms with Crippen molar-refractivity contribution in [2.24, 2.45) is 0 Å². The minimum Gasteiger partial charge on any atom is -0.360 e. The number of nitrogens with one attached hydrogen (secondary N) is 1. The van der Waals surface area contributed by atoms with Gasteiger partial charge in [-0.25, -0.2) is 0 Å². The summed E-state index contributed by atoms with van der Waals surface area (Å²) in [5.74, 6) is 0.116. The highest BCUT2D eigenvalue weighted by Gasteiger charge is 2.18. The van der Waals surface area contributed by atoms with Crippen molar-refractivity contribution in [3.05, 3.63) is 35.9 Å². The molecule has 0 aliphatic carbocycles. The van der Waals surface area contributed by atoms with E-state index in [0.717, 1.165) is 21.6 Å². The SMILES string of the molecule is CCNc1nnc(S[C@H](C)C(=O)c2ccccc2)s1. The Morgan fingerprint density at radius 2 is 2.11 bits per heavy atom. The molecule has 1 aromatic carbocycles. The van der Waals surface area contributed by atoms with Gasteiger partial charge in [-0.1, -0.05) is 53.4 Å². The fraction of sp³-hybridized carbons (Fsp3) is 0.308. The molecule has 0 aliphatic heterocycles. The quantitative estimate of drug-likeness (QED) is 0.654. The highest BCUT2D eigenvalue weighted by molar-refractivity contribution is 8.02. The number of thioether (sulfide) groups is 1. The summed E-state index contributed by atoms with van der Waals surface area (Å²) >= 11 is 2.92. The number of benzene rings is 1. The van der Waals surface area contributed by atoms with E-state index in [1.165, 1.54) is 23.1 Å². The molecule has 4 nitrogen and oxygen atoms in total. The fourth-order valence-corrected chi connectivity index (χ4v) is 3.56. The number of rotatable bonds is 6. The van der Waals surface area contributed by atoms with E-state index in [1.54, 1.807) is 0 Å². The smallest absolute Gasteiger partial charge is 0.206 e. The van der Waals surface area contributed by atoms with Crippen LogP contribution in [0.15, 0.2) is 34.7 Å². The predicted octanol–water partition coefficient (Wildman–Crippen LogP) is 3.33. The number of ketones is 1. The fourth-order valence-electron chi connectivity index (χ4n) is 1.52. The zero-order valence-electron chi connectivity index (χ0n) is 10.8. The summed E-state index contributed by atoms with van der Waals surface area (Å²) in [6.45, 7) is 4.72. The molecule has 2 aromatic rings. The van der Waals surface area contributed by atoms with Crippen molar-refractivity contribution < 1.29 is 4.79 Å². The average molecular weight is 293 g/mol. The van der Waals surface area contributed by atoms with E-state index in [-0.39, 0.29) is 11.0 Å². The lowest BCUT2D eigenvalue weighted by atomic mass is 10.1. The average Bonchev–Trinajstić information content (AvgIpc) is 2.86. The minimum atomic E-state index is -0.162. The molecule has 100 valence electrons. The highest BCUT2D eigenvalue weighted by Crippen LogP contribution is 2.30. The third-order valence-corrected chi connectivity index (χ3v) is 4.50. The van der Waals surface area contributed by atoms with E-state index in [1.807, 2.05) is 44.2 Å². The van der Waals surface area contributed by atoms with E-state index in [4.69, 9.17) is 0 Å². The first-order valence-corrected chi connectivity index (χ1v) is 7.73. The van der Waals surface area contributed by atoms with Gasteiger partial charge in [-0.3, -0.25) is 4.79 Å². The lowest BCUT2D eigenvalue weighted by molar-refractivity contribution is 0.0994. The van der Waals surface area contributed by atoms with Crippen LogP contribution in [0.25, 0.3) is 0 Å². The van der Waals surface area contributed by atoms with Crippen LogP contribution < -0.4 is 5.32 Å². The van der Waals surface area contributed by atoms with Gasteiger partial charge in [0.05, 0.1) is 5.25 Å². The monoisotopic (exact) mass is 293 g/mol. The van der Waals surface area contributed by atoms with Crippen molar-refractivity contribution in [1.29, 1.82) is 0 Å². The van der Waals surface area contributed by atoms with Crippen molar-refractivity contribution in [3.8, 4) is 0 Å². The van der Waals surface area contributed by atoms with Crippen LogP contribution in [-0.2, 0) is 0 Å². The molecular formula is C13H15N3OS2. The van der Waals surface area contributed by atoms with Gasteiger partial charge < -0.3 is 5.32 Å². The molecule has 1 N–H and O–H groups in total. The first-order chi connectivity index (χ1) is 9.20. The van der Waals surface area contributed by atoms with Gasteiger partial charge in [-0.05, 0) is 13.8 Å². The first kappa shape index (κ1) is 14.0. The van der Waals surface area contributed by atoms with E-state index in [0.29, 0.717) is 0 Å². The van der Waals surface area contributed by atoms with Gasteiger partial charge >= 0.3 is 0 Å². The molecule has 0 saturated heterocycles. The van der Waals surface area contributed by atoms with Crippen molar-refractivity contribution >= 4 is 34.0 Å². The normalized spacial score (nSPS) is 12.1. The largest absolute Gasteiger partial charge is 0.360 e. The van der Waals surface area contributed by atoms with Crippen LogP contribution in [0.3, 0.4) is 0 Å². The molecule has 0 amide bonds. The van der Waals surface area contributed by atoms with Crippen LogP contribution in [0.5, 0.6) is 0 Å². The Morgan fingerprint density at radius 1 is 1.37 bits per heavy atom. The summed E-state index contributed by atoms with van der Waals surface area (Å²) in [4.78, 5) is 12.2. The Balaban J connectivity index is 2.00. The molecule has 0 bridgehead atoms. The highest BCUT2D eigenvalue weighted by atomic mass is 32.2. The molecule has 2 rings (SSSR count). The lowest BCUT2D eigenvalue weighted by Gasteiger charge is -2.07. The molecule has 0 spiro atoms. The number of nitrogens with zero attached hydrogens (tertiary/aromatic N) is 2. The summed E-state index contributed by atoms with van der Waals surface area (Å²) in [6, 6.07) is 9.33. The number of carbonyl (C=O) groups is 1. The Bertz CT molecular complexity index is 542. The summed E-state index contributed by atoms with van der Waals surface area (Å²) in [5.41, 5.74) is 0.735. The van der Waals surface area contributed by atoms with Gasteiger partial charge in [0.15, 0.2) is 10.1 Å². The molecule has 1 aromatic heterocycles. The second-order valence-corrected chi connectivity index (χ2v) is 6.46. The molecule has 1 heterocycles. The lowest BCUT2D eigenvalue weighted by Crippen LogP contribution is -2.13. The first-order valence-electron chi connectivity index (χ1n) is 6.04. The third kappa shape index (κ3) is 3.78. The van der Waals surface area contributed by atoms with Crippen LogP contribution in [0.4, 0.5) is 5.13 Å². The summed E-state index contributed by atoms with van der Waals surface area (Å²) < 4.78 is 0.813. The Kier molecular flexibility index (Phi) is 4.93. The van der Waals surface area contributed by atoms with Crippen LogP contribution in [0, 0.1) is 0 Å². The summed E-state index contributed by atoms with van der Waals surface area (Å²) in [5, 5.41) is 11.8. The molecular weight excluding hydrogens is 278 g/mol. The Labute approximate surface area is 120 Å². The maximum Gasteiger partial charge on any atom is 0.206 e. The molecule has 6 heteroatoms. The summed E-state index contributed by atoms with van der Waals surface area (Å²) in [6.07, 6.45) is 0. The van der Waals surface area contributed by atoms with Gasteiger partial charge in [-0.2, -0.15) is 0 Å². The predicted molar refractivity (Wildman–Crippen MR) is 80.2 cm³/mol. The molecule has 19 heavy (non-hydrogen) atoms. The summed E-state index contributed by atoms with van der Waals surface area (Å²) in [7, 11) is 0. The zero-order valence-corrected chi connectivity index (χ0v) is 12.4. The number of carbonyl (C=O) groups excluding carboxylic acids is 1. The maximum atomic E-state index is 12.2. The van der Waals surface area contributed by atoms with Crippen LogP contribution in [0.2, 0.25) is 0 Å². The van der Waals surface area contributed by atoms with Gasteiger partial charge in [-0.15, -0.1) is 10.2 Å². The van der Waals surface area contributed by atoms with Crippen molar-refractivity contribution in [2.45, 2.75) is 23.4 Å². The topological polar surface area (TPSA) is 54.9 Å². The van der Waals surface area contributed by atoms with Crippen LogP contribution in [-0.4, -0.2) is 27.8 Å². The molecule has 0 fully saturated rings. The Hall–Kier alpha value is -1.40. The molecule has 0 saturated carbocycles. The van der Waals surface area contributed by atoms with Crippen molar-refractivity contribution in [2.75, 3.05) is 11.9 Å². The number of anilines is 1. The van der Waals surface area contributed by atoms with E-state index < -0.39 is 0 Å². The van der Waals surface area contributed by atoms with Gasteiger partial charge in [0.2, 0.25) is 5.13 Å². The number of hydrogen-bond donors (Lipinski definition) is 1. The third-order valence-electron chi connectivity index (χ3n) is 2.44. The van der Waals surface area contributed by atoms with Crippen molar-refractivity contribution in [3.63, 3.8) is 0 Å². The van der Waals surface area contributed by atoms with Crippen molar-refractivity contribution in [1.82, 2.24) is 10.2 Å². The molecule has 0 radical (unpaired) electrons. The zero-order chi connectivity index (χ0) is 13.7.